The number of nitrogens with one attached hydrogen (secondary N) is 2. The highest BCUT2D eigenvalue weighted by Gasteiger charge is 2.29. The van der Waals surface area contributed by atoms with Crippen LogP contribution < -0.4 is 10.9 Å². The van der Waals surface area contributed by atoms with Gasteiger partial charge in [-0.1, -0.05) is 31.2 Å². The molecular weight excluding hydrogens is 302 g/mol. The first-order chi connectivity index (χ1) is 11.6. The smallest absolute Gasteiger partial charge is 0.260 e. The summed E-state index contributed by atoms with van der Waals surface area (Å²) in [6.07, 6.45) is 0.991. The fourth-order valence-electron chi connectivity index (χ4n) is 3.12. The highest BCUT2D eigenvalue weighted by molar-refractivity contribution is 5.94. The van der Waals surface area contributed by atoms with Crippen LogP contribution in [0, 0.1) is 6.92 Å². The van der Waals surface area contributed by atoms with Crippen LogP contribution in [0.5, 0.6) is 0 Å². The first-order valence-corrected chi connectivity index (χ1v) is 8.40. The minimum absolute atomic E-state index is 0.0575. The van der Waals surface area contributed by atoms with Gasteiger partial charge >= 0.3 is 0 Å². The molecule has 1 aromatic carbocycles. The van der Waals surface area contributed by atoms with Crippen molar-refractivity contribution >= 4 is 5.91 Å². The van der Waals surface area contributed by atoms with Gasteiger partial charge in [-0.25, -0.2) is 0 Å². The predicted octanol–water partition coefficient (Wildman–Crippen LogP) is 2.03. The number of carbonyl (C=O) groups excluding carboxylic acids is 1. The average Bonchev–Trinajstić information content (AvgIpc) is 2.61. The highest BCUT2D eigenvalue weighted by Crippen LogP contribution is 2.24. The molecule has 126 valence electrons. The number of hydrogen-bond acceptors (Lipinski definition) is 3. The Labute approximate surface area is 141 Å². The summed E-state index contributed by atoms with van der Waals surface area (Å²) < 4.78 is 0. The second-order valence-electron chi connectivity index (χ2n) is 6.20. The molecule has 1 atom stereocenters. The molecule has 0 spiro atoms. The Bertz CT molecular complexity index is 780. The molecular formula is C19H23N3O2. The average molecular weight is 325 g/mol. The van der Waals surface area contributed by atoms with Crippen LogP contribution in [0.1, 0.15) is 40.1 Å². The largest absolute Gasteiger partial charge is 0.329 e. The van der Waals surface area contributed by atoms with Crippen molar-refractivity contribution in [1.29, 1.82) is 0 Å². The Morgan fingerprint density at radius 3 is 2.62 bits per heavy atom. The lowest BCUT2D eigenvalue weighted by Crippen LogP contribution is -2.49. The molecule has 1 fully saturated rings. The number of aromatic nitrogens is 1. The van der Waals surface area contributed by atoms with Crippen molar-refractivity contribution in [1.82, 2.24) is 15.2 Å². The number of H-pyrrole nitrogens is 1. The number of rotatable bonds is 3. The monoisotopic (exact) mass is 325 g/mol. The van der Waals surface area contributed by atoms with Crippen molar-refractivity contribution in [2.75, 3.05) is 19.6 Å². The topological polar surface area (TPSA) is 65.2 Å². The third-order valence-electron chi connectivity index (χ3n) is 4.56. The van der Waals surface area contributed by atoms with E-state index in [1.807, 2.05) is 0 Å². The maximum Gasteiger partial charge on any atom is 0.260 e. The SMILES string of the molecule is CCc1ccc(C2CNCCN2C(=O)c2ccc(C)[nH]c2=O)cc1. The van der Waals surface area contributed by atoms with Gasteiger partial charge in [-0.15, -0.1) is 0 Å². The van der Waals surface area contributed by atoms with Gasteiger partial charge in [-0.05, 0) is 36.6 Å². The van der Waals surface area contributed by atoms with Gasteiger partial charge in [0.15, 0.2) is 0 Å². The van der Waals surface area contributed by atoms with Crippen LogP contribution in [-0.4, -0.2) is 35.4 Å². The van der Waals surface area contributed by atoms with E-state index in [1.165, 1.54) is 5.56 Å². The van der Waals surface area contributed by atoms with Gasteiger partial charge in [0, 0.05) is 25.3 Å². The quantitative estimate of drug-likeness (QED) is 0.907. The van der Waals surface area contributed by atoms with Crippen LogP contribution in [0.3, 0.4) is 0 Å². The zero-order valence-corrected chi connectivity index (χ0v) is 14.1. The third-order valence-corrected chi connectivity index (χ3v) is 4.56. The van der Waals surface area contributed by atoms with Crippen molar-refractivity contribution < 1.29 is 4.79 Å². The predicted molar refractivity (Wildman–Crippen MR) is 94.3 cm³/mol. The van der Waals surface area contributed by atoms with Gasteiger partial charge in [0.2, 0.25) is 0 Å². The van der Waals surface area contributed by atoms with E-state index in [0.29, 0.717) is 13.1 Å². The number of piperazine rings is 1. The number of carbonyl (C=O) groups is 1. The molecule has 2 heterocycles. The van der Waals surface area contributed by atoms with Crippen LogP contribution in [0.15, 0.2) is 41.2 Å². The van der Waals surface area contributed by atoms with Crippen molar-refractivity contribution in [3.05, 3.63) is 69.1 Å². The summed E-state index contributed by atoms with van der Waals surface area (Å²) in [4.78, 5) is 29.6. The van der Waals surface area contributed by atoms with E-state index >= 15 is 0 Å². The van der Waals surface area contributed by atoms with Gasteiger partial charge in [-0.3, -0.25) is 9.59 Å². The first-order valence-electron chi connectivity index (χ1n) is 8.40. The second kappa shape index (κ2) is 7.01. The lowest BCUT2D eigenvalue weighted by Gasteiger charge is -2.36. The summed E-state index contributed by atoms with van der Waals surface area (Å²) in [5.74, 6) is -0.206. The van der Waals surface area contributed by atoms with Crippen molar-refractivity contribution in [3.63, 3.8) is 0 Å². The van der Waals surface area contributed by atoms with E-state index in [4.69, 9.17) is 0 Å². The zero-order valence-electron chi connectivity index (χ0n) is 14.1. The molecule has 24 heavy (non-hydrogen) atoms. The first kappa shape index (κ1) is 16.5. The van der Waals surface area contributed by atoms with Crippen molar-refractivity contribution in [2.24, 2.45) is 0 Å². The molecule has 0 radical (unpaired) electrons. The number of amides is 1. The van der Waals surface area contributed by atoms with Crippen molar-refractivity contribution in [3.8, 4) is 0 Å². The van der Waals surface area contributed by atoms with Crippen LogP contribution in [0.2, 0.25) is 0 Å². The number of hydrogen-bond donors (Lipinski definition) is 2. The third kappa shape index (κ3) is 3.26. The second-order valence-corrected chi connectivity index (χ2v) is 6.20. The minimum Gasteiger partial charge on any atom is -0.329 e. The molecule has 3 rings (SSSR count). The minimum atomic E-state index is -0.321. The molecule has 1 aliphatic heterocycles. The molecule has 0 bridgehead atoms. The van der Waals surface area contributed by atoms with Crippen LogP contribution in [0.4, 0.5) is 0 Å². The maximum absolute atomic E-state index is 12.9. The van der Waals surface area contributed by atoms with E-state index < -0.39 is 0 Å². The van der Waals surface area contributed by atoms with Crippen molar-refractivity contribution in [2.45, 2.75) is 26.3 Å². The fourth-order valence-corrected chi connectivity index (χ4v) is 3.12. The number of aryl methyl sites for hydroxylation is 2. The van der Waals surface area contributed by atoms with Gasteiger partial charge in [0.05, 0.1) is 6.04 Å². The van der Waals surface area contributed by atoms with Crippen LogP contribution in [-0.2, 0) is 6.42 Å². The van der Waals surface area contributed by atoms with Gasteiger partial charge < -0.3 is 15.2 Å². The maximum atomic E-state index is 12.9. The molecule has 1 aliphatic rings. The Balaban J connectivity index is 1.91. The molecule has 5 heteroatoms. The van der Waals surface area contributed by atoms with E-state index in [1.54, 1.807) is 24.0 Å². The fraction of sp³-hybridized carbons (Fsp3) is 0.368. The molecule has 0 aliphatic carbocycles. The molecule has 5 nitrogen and oxygen atoms in total. The van der Waals surface area contributed by atoms with Crippen LogP contribution >= 0.6 is 0 Å². The van der Waals surface area contributed by atoms with Gasteiger partial charge in [-0.2, -0.15) is 0 Å². The molecule has 1 saturated heterocycles. The lowest BCUT2D eigenvalue weighted by molar-refractivity contribution is 0.0632. The lowest BCUT2D eigenvalue weighted by atomic mass is 10.00. The molecule has 2 aromatic rings. The summed E-state index contributed by atoms with van der Waals surface area (Å²) in [6.45, 7) is 5.95. The van der Waals surface area contributed by atoms with Gasteiger partial charge in [0.25, 0.3) is 11.5 Å². The molecule has 1 aromatic heterocycles. The summed E-state index contributed by atoms with van der Waals surface area (Å²) in [7, 11) is 0. The standard InChI is InChI=1S/C19H23N3O2/c1-3-14-5-7-15(8-6-14)17-12-20-10-11-22(17)19(24)16-9-4-13(2)21-18(16)23/h4-9,17,20H,3,10-12H2,1-2H3,(H,21,23). The molecule has 1 amide bonds. The Kier molecular flexibility index (Phi) is 4.81. The van der Waals surface area contributed by atoms with Gasteiger partial charge in [0.1, 0.15) is 5.56 Å². The van der Waals surface area contributed by atoms with Crippen LogP contribution in [0.25, 0.3) is 0 Å². The number of benzene rings is 1. The van der Waals surface area contributed by atoms with E-state index in [0.717, 1.165) is 24.2 Å². The summed E-state index contributed by atoms with van der Waals surface area (Å²) in [6, 6.07) is 11.7. The van der Waals surface area contributed by atoms with E-state index in [9.17, 15) is 9.59 Å². The van der Waals surface area contributed by atoms with E-state index in [-0.39, 0.29) is 23.1 Å². The highest BCUT2D eigenvalue weighted by atomic mass is 16.2. The Hall–Kier alpha value is -2.40. The number of aromatic amines is 1. The molecule has 0 saturated carbocycles. The summed E-state index contributed by atoms with van der Waals surface area (Å²) in [5.41, 5.74) is 3.01. The normalized spacial score (nSPS) is 17.8. The summed E-state index contributed by atoms with van der Waals surface area (Å²) >= 11 is 0. The summed E-state index contributed by atoms with van der Waals surface area (Å²) in [5, 5.41) is 3.34. The zero-order chi connectivity index (χ0) is 17.1. The Morgan fingerprint density at radius 1 is 1.21 bits per heavy atom. The molecule has 1 unspecified atom stereocenters. The van der Waals surface area contributed by atoms with E-state index in [2.05, 4.69) is 41.5 Å². The molecule has 2 N–H and O–H groups in total. The Morgan fingerprint density at radius 2 is 1.96 bits per heavy atom. The number of pyridine rings is 1. The number of nitrogens with zero attached hydrogens (tertiary/aromatic N) is 1.